The number of carbonyl (C=O) groups is 3. The summed E-state index contributed by atoms with van der Waals surface area (Å²) < 4.78 is 8.39. The molecule has 1 aromatic heterocycles. The number of ether oxygens (including phenoxy) is 1. The number of aromatic nitrogens is 2. The van der Waals surface area contributed by atoms with Crippen LogP contribution in [-0.2, 0) is 26.2 Å². The van der Waals surface area contributed by atoms with Crippen LogP contribution in [0.15, 0.2) is 29.1 Å². The first-order valence-corrected chi connectivity index (χ1v) is 11.0. The summed E-state index contributed by atoms with van der Waals surface area (Å²) in [6.45, 7) is 5.95. The number of para-hydroxylation sites is 1. The highest BCUT2D eigenvalue weighted by molar-refractivity contribution is 5.95. The van der Waals surface area contributed by atoms with Crippen molar-refractivity contribution in [1.82, 2.24) is 19.8 Å². The Morgan fingerprint density at radius 2 is 1.91 bits per heavy atom. The molecule has 1 amide bonds. The molecule has 0 spiro atoms. The second kappa shape index (κ2) is 11.1. The van der Waals surface area contributed by atoms with Crippen LogP contribution >= 0.6 is 0 Å². The summed E-state index contributed by atoms with van der Waals surface area (Å²) in [4.78, 5) is 49.3. The molecular weight excluding hydrogens is 424 g/mol. The highest BCUT2D eigenvalue weighted by Gasteiger charge is 2.24. The van der Waals surface area contributed by atoms with Crippen molar-refractivity contribution in [3.05, 3.63) is 40.3 Å². The zero-order chi connectivity index (χ0) is 24.8. The molecule has 0 saturated carbocycles. The summed E-state index contributed by atoms with van der Waals surface area (Å²) in [6.07, 6.45) is 2.94. The molecular formula is C24H34N4O5. The van der Waals surface area contributed by atoms with Crippen molar-refractivity contribution < 1.29 is 19.1 Å². The van der Waals surface area contributed by atoms with Crippen molar-refractivity contribution >= 4 is 34.8 Å². The van der Waals surface area contributed by atoms with Crippen LogP contribution in [0.25, 0.3) is 16.6 Å². The van der Waals surface area contributed by atoms with E-state index < -0.39 is 11.6 Å². The van der Waals surface area contributed by atoms with E-state index in [-0.39, 0.29) is 36.8 Å². The van der Waals surface area contributed by atoms with E-state index in [1.807, 2.05) is 32.9 Å². The molecule has 2 N–H and O–H groups in total. The minimum absolute atomic E-state index is 0.0330. The molecule has 33 heavy (non-hydrogen) atoms. The monoisotopic (exact) mass is 458 g/mol. The van der Waals surface area contributed by atoms with Gasteiger partial charge in [0.25, 0.3) is 0 Å². The van der Waals surface area contributed by atoms with Crippen molar-refractivity contribution in [2.24, 2.45) is 7.05 Å². The average Bonchev–Trinajstić information content (AvgIpc) is 3.01. The number of nitrogens with one attached hydrogen (secondary N) is 2. The summed E-state index contributed by atoms with van der Waals surface area (Å²) >= 11 is 0. The van der Waals surface area contributed by atoms with Crippen LogP contribution in [0.2, 0.25) is 0 Å². The number of likely N-dealkylation sites (N-methyl/N-ethyl adjacent to an activating group) is 1. The van der Waals surface area contributed by atoms with E-state index in [2.05, 4.69) is 10.6 Å². The molecule has 0 aliphatic heterocycles. The van der Waals surface area contributed by atoms with Gasteiger partial charge in [0.2, 0.25) is 5.91 Å². The van der Waals surface area contributed by atoms with Gasteiger partial charge in [-0.1, -0.05) is 18.2 Å². The highest BCUT2D eigenvalue weighted by Crippen LogP contribution is 2.29. The first-order valence-electron chi connectivity index (χ1n) is 11.0. The lowest BCUT2D eigenvalue weighted by molar-refractivity contribution is -0.153. The molecule has 1 atom stereocenters. The Labute approximate surface area is 193 Å². The molecule has 0 bridgehead atoms. The predicted molar refractivity (Wildman–Crippen MR) is 128 cm³/mol. The molecule has 1 heterocycles. The minimum Gasteiger partial charge on any atom is -0.460 e. The maximum Gasteiger partial charge on any atom is 0.329 e. The SMILES string of the molecule is CNC/C=C(\CC(=O)OC(C)(C)C)c1cccc2c1n(C)c(=O)n2C(C=O)CCC(=O)NC. The van der Waals surface area contributed by atoms with Gasteiger partial charge in [0, 0.05) is 32.6 Å². The molecule has 180 valence electrons. The fraction of sp³-hybridized carbons (Fsp3) is 0.500. The highest BCUT2D eigenvalue weighted by atomic mass is 16.6. The molecule has 0 radical (unpaired) electrons. The molecule has 1 aromatic carbocycles. The Morgan fingerprint density at radius 3 is 2.48 bits per heavy atom. The van der Waals surface area contributed by atoms with Crippen LogP contribution in [0, 0.1) is 0 Å². The quantitative estimate of drug-likeness (QED) is 0.416. The Kier molecular flexibility index (Phi) is 8.76. The topological polar surface area (TPSA) is 111 Å². The van der Waals surface area contributed by atoms with Gasteiger partial charge in [-0.2, -0.15) is 0 Å². The predicted octanol–water partition coefficient (Wildman–Crippen LogP) is 1.94. The molecule has 1 unspecified atom stereocenters. The number of aldehydes is 1. The lowest BCUT2D eigenvalue weighted by atomic mass is 10.00. The summed E-state index contributed by atoms with van der Waals surface area (Å²) in [7, 11) is 4.96. The van der Waals surface area contributed by atoms with Gasteiger partial charge < -0.3 is 20.2 Å². The summed E-state index contributed by atoms with van der Waals surface area (Å²) in [6, 6.07) is 4.61. The summed E-state index contributed by atoms with van der Waals surface area (Å²) in [5.41, 5.74) is 1.62. The second-order valence-corrected chi connectivity index (χ2v) is 8.85. The first-order chi connectivity index (χ1) is 15.5. The van der Waals surface area contributed by atoms with Crippen LogP contribution < -0.4 is 16.3 Å². The van der Waals surface area contributed by atoms with E-state index in [1.165, 1.54) is 16.2 Å². The van der Waals surface area contributed by atoms with Crippen molar-refractivity contribution in [2.75, 3.05) is 20.6 Å². The van der Waals surface area contributed by atoms with E-state index >= 15 is 0 Å². The Balaban J connectivity index is 2.59. The van der Waals surface area contributed by atoms with E-state index in [1.54, 1.807) is 26.2 Å². The Morgan fingerprint density at radius 1 is 1.21 bits per heavy atom. The molecule has 9 nitrogen and oxygen atoms in total. The molecule has 0 fully saturated rings. The summed E-state index contributed by atoms with van der Waals surface area (Å²) in [5.74, 6) is -0.576. The van der Waals surface area contributed by atoms with Gasteiger partial charge in [-0.15, -0.1) is 0 Å². The van der Waals surface area contributed by atoms with Crippen LogP contribution in [0.5, 0.6) is 0 Å². The third-order valence-electron chi connectivity index (χ3n) is 5.19. The van der Waals surface area contributed by atoms with Crippen LogP contribution in [0.4, 0.5) is 0 Å². The number of amides is 1. The van der Waals surface area contributed by atoms with Crippen LogP contribution in [0.1, 0.15) is 51.6 Å². The maximum atomic E-state index is 13.1. The van der Waals surface area contributed by atoms with E-state index in [0.29, 0.717) is 35.0 Å². The van der Waals surface area contributed by atoms with Gasteiger partial charge in [0.05, 0.1) is 23.5 Å². The Hall–Kier alpha value is -3.20. The van der Waals surface area contributed by atoms with Gasteiger partial charge in [-0.05, 0) is 45.9 Å². The minimum atomic E-state index is -0.788. The number of benzene rings is 1. The number of aryl methyl sites for hydroxylation is 1. The van der Waals surface area contributed by atoms with Crippen molar-refractivity contribution in [1.29, 1.82) is 0 Å². The van der Waals surface area contributed by atoms with E-state index in [0.717, 1.165) is 0 Å². The van der Waals surface area contributed by atoms with Crippen molar-refractivity contribution in [3.8, 4) is 0 Å². The number of rotatable bonds is 10. The fourth-order valence-corrected chi connectivity index (χ4v) is 3.72. The van der Waals surface area contributed by atoms with Gasteiger partial charge >= 0.3 is 11.7 Å². The number of carbonyl (C=O) groups excluding carboxylic acids is 3. The lowest BCUT2D eigenvalue weighted by Crippen LogP contribution is -2.28. The summed E-state index contributed by atoms with van der Waals surface area (Å²) in [5, 5.41) is 5.57. The third kappa shape index (κ3) is 6.41. The van der Waals surface area contributed by atoms with E-state index in [4.69, 9.17) is 4.74 Å². The third-order valence-corrected chi connectivity index (χ3v) is 5.19. The van der Waals surface area contributed by atoms with Gasteiger partial charge in [-0.3, -0.25) is 18.7 Å². The molecule has 0 aliphatic carbocycles. The van der Waals surface area contributed by atoms with Gasteiger partial charge in [0.1, 0.15) is 11.9 Å². The second-order valence-electron chi connectivity index (χ2n) is 8.85. The van der Waals surface area contributed by atoms with Crippen LogP contribution in [-0.4, -0.2) is 53.5 Å². The van der Waals surface area contributed by atoms with Gasteiger partial charge in [0.15, 0.2) is 0 Å². The molecule has 0 saturated heterocycles. The van der Waals surface area contributed by atoms with Crippen LogP contribution in [0.3, 0.4) is 0 Å². The molecule has 0 aliphatic rings. The van der Waals surface area contributed by atoms with E-state index in [9.17, 15) is 19.2 Å². The molecule has 2 aromatic rings. The smallest absolute Gasteiger partial charge is 0.329 e. The number of fused-ring (bicyclic) bond motifs is 1. The van der Waals surface area contributed by atoms with Gasteiger partial charge in [-0.25, -0.2) is 4.79 Å². The molecule has 9 heteroatoms. The van der Waals surface area contributed by atoms with Crippen molar-refractivity contribution in [3.63, 3.8) is 0 Å². The lowest BCUT2D eigenvalue weighted by Gasteiger charge is -2.20. The largest absolute Gasteiger partial charge is 0.460 e. The van der Waals surface area contributed by atoms with Crippen molar-refractivity contribution in [2.45, 2.75) is 51.7 Å². The zero-order valence-corrected chi connectivity index (χ0v) is 20.2. The maximum absolute atomic E-state index is 13.1. The number of esters is 1. The standard InChI is InChI=1S/C24H34N4O5/c1-24(2,3)33-21(31)14-16(12-13-25-4)18-8-7-9-19-22(18)27(6)23(32)28(19)17(15-29)10-11-20(30)26-5/h7-9,12,15,17,25H,10-11,13-14H2,1-6H3,(H,26,30)/b16-12+. The Bertz CT molecular complexity index is 1100. The number of hydrogen-bond donors (Lipinski definition) is 2. The average molecular weight is 459 g/mol. The zero-order valence-electron chi connectivity index (χ0n) is 20.2. The first kappa shape index (κ1) is 26.1. The number of hydrogen-bond acceptors (Lipinski definition) is 6. The number of nitrogens with zero attached hydrogens (tertiary/aromatic N) is 2. The normalized spacial score (nSPS) is 13.1. The molecule has 2 rings (SSSR count). The number of imidazole rings is 1. The fourth-order valence-electron chi connectivity index (χ4n) is 3.72.